The molecule has 1 aliphatic rings. The number of carbonyl (C=O) groups excluding carboxylic acids is 1. The number of benzene rings is 2. The molecule has 4 rings (SSSR count). The van der Waals surface area contributed by atoms with Gasteiger partial charge in [-0.25, -0.2) is 4.39 Å². The molecule has 0 radical (unpaired) electrons. The monoisotopic (exact) mass is 398 g/mol. The molecular formula is C22H23FN2O2S. The van der Waals surface area contributed by atoms with Crippen molar-refractivity contribution in [3.05, 3.63) is 53.3 Å². The van der Waals surface area contributed by atoms with E-state index in [2.05, 4.69) is 28.9 Å². The Morgan fingerprint density at radius 2 is 2.04 bits per heavy atom. The summed E-state index contributed by atoms with van der Waals surface area (Å²) in [6, 6.07) is 10.2. The fourth-order valence-corrected chi connectivity index (χ4v) is 4.51. The number of nitrogens with one attached hydrogen (secondary N) is 1. The van der Waals surface area contributed by atoms with Crippen LogP contribution in [0.25, 0.3) is 22.3 Å². The van der Waals surface area contributed by atoms with Crippen molar-refractivity contribution < 1.29 is 13.6 Å². The molecule has 1 amide bonds. The van der Waals surface area contributed by atoms with Crippen molar-refractivity contribution in [1.82, 2.24) is 5.32 Å². The first-order chi connectivity index (χ1) is 13.5. The first-order valence-electron chi connectivity index (χ1n) is 9.41. The Kier molecular flexibility index (Phi) is 5.06. The van der Waals surface area contributed by atoms with Crippen LogP contribution in [0.5, 0.6) is 0 Å². The number of halogens is 1. The van der Waals surface area contributed by atoms with Gasteiger partial charge in [-0.05, 0) is 54.7 Å². The average Bonchev–Trinajstić information content (AvgIpc) is 2.98. The Labute approximate surface area is 168 Å². The lowest BCUT2D eigenvalue weighted by Gasteiger charge is -2.21. The molecule has 1 atom stereocenters. The van der Waals surface area contributed by atoms with Crippen molar-refractivity contribution in [1.29, 1.82) is 0 Å². The van der Waals surface area contributed by atoms with Crippen LogP contribution in [0, 0.1) is 11.7 Å². The highest BCUT2D eigenvalue weighted by Gasteiger charge is 2.26. The molecular weight excluding hydrogens is 375 g/mol. The molecule has 0 bridgehead atoms. The molecule has 0 fully saturated rings. The maximum Gasteiger partial charge on any atom is 0.255 e. The molecule has 1 aliphatic heterocycles. The SMILES string of the molecule is CNC(=O)c1c(-c2ccc(F)cc2)oc2cc3c(cc12)CC(C)CCN3SC. The van der Waals surface area contributed by atoms with Gasteiger partial charge in [-0.3, -0.25) is 4.79 Å². The van der Waals surface area contributed by atoms with Gasteiger partial charge in [0.15, 0.2) is 0 Å². The van der Waals surface area contributed by atoms with E-state index in [0.717, 1.165) is 30.5 Å². The van der Waals surface area contributed by atoms with Crippen LogP contribution in [-0.2, 0) is 6.42 Å². The normalized spacial score (nSPS) is 16.7. The molecule has 0 spiro atoms. The number of hydrogen-bond acceptors (Lipinski definition) is 4. The van der Waals surface area contributed by atoms with Crippen LogP contribution in [-0.4, -0.2) is 25.8 Å². The average molecular weight is 399 g/mol. The van der Waals surface area contributed by atoms with Gasteiger partial charge in [0.05, 0.1) is 11.3 Å². The number of rotatable bonds is 3. The number of fused-ring (bicyclic) bond motifs is 2. The van der Waals surface area contributed by atoms with Crippen molar-refractivity contribution in [2.45, 2.75) is 19.8 Å². The molecule has 6 heteroatoms. The number of amides is 1. The fourth-order valence-electron chi connectivity index (χ4n) is 3.85. The van der Waals surface area contributed by atoms with E-state index >= 15 is 0 Å². The van der Waals surface area contributed by atoms with Crippen LogP contribution in [0.15, 0.2) is 40.8 Å². The molecule has 28 heavy (non-hydrogen) atoms. The van der Waals surface area contributed by atoms with Gasteiger partial charge in [0.1, 0.15) is 17.2 Å². The van der Waals surface area contributed by atoms with Crippen molar-refractivity contribution in [2.75, 3.05) is 24.2 Å². The number of anilines is 1. The molecule has 1 aromatic heterocycles. The Morgan fingerprint density at radius 3 is 2.71 bits per heavy atom. The minimum Gasteiger partial charge on any atom is -0.455 e. The smallest absolute Gasteiger partial charge is 0.255 e. The summed E-state index contributed by atoms with van der Waals surface area (Å²) >= 11 is 1.70. The van der Waals surface area contributed by atoms with Crippen molar-refractivity contribution >= 4 is 34.5 Å². The zero-order chi connectivity index (χ0) is 19.8. The largest absolute Gasteiger partial charge is 0.455 e. The van der Waals surface area contributed by atoms with Gasteiger partial charge >= 0.3 is 0 Å². The van der Waals surface area contributed by atoms with Crippen molar-refractivity contribution in [2.24, 2.45) is 5.92 Å². The summed E-state index contributed by atoms with van der Waals surface area (Å²) in [5.41, 5.74) is 4.22. The first-order valence-corrected chi connectivity index (χ1v) is 10.6. The second kappa shape index (κ2) is 7.51. The van der Waals surface area contributed by atoms with Crippen molar-refractivity contribution in [3.8, 4) is 11.3 Å². The van der Waals surface area contributed by atoms with E-state index in [1.807, 2.05) is 6.07 Å². The standard InChI is InChI=1S/C22H23FN2O2S/c1-13-8-9-25(28-3)18-12-19-17(11-15(18)10-13)20(22(26)24-2)21(27-19)14-4-6-16(23)7-5-14/h4-7,11-13H,8-10H2,1-3H3,(H,24,26). The Hall–Kier alpha value is -2.47. The minimum atomic E-state index is -0.322. The number of hydrogen-bond donors (Lipinski definition) is 1. The molecule has 1 N–H and O–H groups in total. The van der Waals surface area contributed by atoms with E-state index in [9.17, 15) is 9.18 Å². The van der Waals surface area contributed by atoms with Crippen LogP contribution < -0.4 is 9.62 Å². The van der Waals surface area contributed by atoms with Crippen LogP contribution in [0.4, 0.5) is 10.1 Å². The maximum absolute atomic E-state index is 13.4. The Balaban J connectivity index is 1.96. The van der Waals surface area contributed by atoms with E-state index in [0.29, 0.717) is 28.4 Å². The quantitative estimate of drug-likeness (QED) is 0.611. The second-order valence-electron chi connectivity index (χ2n) is 7.25. The lowest BCUT2D eigenvalue weighted by Crippen LogP contribution is -2.18. The van der Waals surface area contributed by atoms with Crippen LogP contribution in [0.3, 0.4) is 0 Å². The van der Waals surface area contributed by atoms with Crippen molar-refractivity contribution in [3.63, 3.8) is 0 Å². The highest BCUT2D eigenvalue weighted by molar-refractivity contribution is 7.99. The van der Waals surface area contributed by atoms with Gasteiger partial charge in [0, 0.05) is 36.9 Å². The number of furan rings is 1. The molecule has 2 aromatic carbocycles. The Morgan fingerprint density at radius 1 is 1.29 bits per heavy atom. The fraction of sp³-hybridized carbons (Fsp3) is 0.318. The summed E-state index contributed by atoms with van der Waals surface area (Å²) < 4.78 is 21.8. The topological polar surface area (TPSA) is 45.5 Å². The zero-order valence-electron chi connectivity index (χ0n) is 16.2. The van der Waals surface area contributed by atoms with E-state index in [-0.39, 0.29) is 11.7 Å². The van der Waals surface area contributed by atoms with E-state index in [1.54, 1.807) is 31.1 Å². The van der Waals surface area contributed by atoms with Gasteiger partial charge < -0.3 is 14.0 Å². The second-order valence-corrected chi connectivity index (χ2v) is 8.06. The van der Waals surface area contributed by atoms with Gasteiger partial charge in [0.2, 0.25) is 0 Å². The highest BCUT2D eigenvalue weighted by atomic mass is 32.2. The molecule has 0 saturated carbocycles. The third kappa shape index (κ3) is 3.26. The summed E-state index contributed by atoms with van der Waals surface area (Å²) in [4.78, 5) is 12.7. The Bertz CT molecular complexity index is 1030. The van der Waals surface area contributed by atoms with Gasteiger partial charge in [0.25, 0.3) is 5.91 Å². The third-order valence-electron chi connectivity index (χ3n) is 5.33. The van der Waals surface area contributed by atoms with E-state index in [4.69, 9.17) is 4.42 Å². The zero-order valence-corrected chi connectivity index (χ0v) is 17.0. The summed E-state index contributed by atoms with van der Waals surface area (Å²) in [6.45, 7) is 3.24. The highest BCUT2D eigenvalue weighted by Crippen LogP contribution is 2.40. The summed E-state index contributed by atoms with van der Waals surface area (Å²) in [5, 5.41) is 3.51. The molecule has 0 saturated heterocycles. The summed E-state index contributed by atoms with van der Waals surface area (Å²) in [7, 11) is 1.61. The van der Waals surface area contributed by atoms with E-state index < -0.39 is 0 Å². The predicted molar refractivity (Wildman–Crippen MR) is 113 cm³/mol. The molecule has 3 aromatic rings. The first kappa shape index (κ1) is 18.9. The van der Waals surface area contributed by atoms with Gasteiger partial charge in [-0.15, -0.1) is 0 Å². The summed E-state index contributed by atoms with van der Waals surface area (Å²) in [5.74, 6) is 0.512. The molecule has 2 heterocycles. The summed E-state index contributed by atoms with van der Waals surface area (Å²) in [6.07, 6.45) is 4.17. The van der Waals surface area contributed by atoms with Crippen LogP contribution in [0.2, 0.25) is 0 Å². The maximum atomic E-state index is 13.4. The predicted octanol–water partition coefficient (Wildman–Crippen LogP) is 5.27. The van der Waals surface area contributed by atoms with E-state index in [1.165, 1.54) is 17.7 Å². The third-order valence-corrected chi connectivity index (χ3v) is 6.15. The van der Waals surface area contributed by atoms with Crippen LogP contribution >= 0.6 is 11.9 Å². The number of nitrogens with zero attached hydrogens (tertiary/aromatic N) is 1. The van der Waals surface area contributed by atoms with Gasteiger partial charge in [-0.2, -0.15) is 0 Å². The molecule has 146 valence electrons. The lowest BCUT2D eigenvalue weighted by atomic mass is 9.96. The van der Waals surface area contributed by atoms with Crippen LogP contribution in [0.1, 0.15) is 29.3 Å². The molecule has 4 nitrogen and oxygen atoms in total. The number of carbonyl (C=O) groups is 1. The molecule has 1 unspecified atom stereocenters. The minimum absolute atomic E-state index is 0.207. The lowest BCUT2D eigenvalue weighted by molar-refractivity contribution is 0.0964. The molecule has 0 aliphatic carbocycles. The van der Waals surface area contributed by atoms with Gasteiger partial charge in [-0.1, -0.05) is 18.9 Å².